The fourth-order valence-electron chi connectivity index (χ4n) is 2.76. The lowest BCUT2D eigenvalue weighted by Gasteiger charge is -2.04. The van der Waals surface area contributed by atoms with Gasteiger partial charge in [0.15, 0.2) is 5.76 Å². The monoisotopic (exact) mass is 392 g/mol. The Balaban J connectivity index is 1.48. The number of Topliss-reactive ketones (excluding diaryl/α,β-unsaturated/α-hetero) is 1. The van der Waals surface area contributed by atoms with Crippen LogP contribution >= 0.6 is 11.3 Å². The summed E-state index contributed by atoms with van der Waals surface area (Å²) in [5, 5.41) is 1.82. The Hall–Kier alpha value is -3.38. The van der Waals surface area contributed by atoms with Crippen LogP contribution in [-0.2, 0) is 0 Å². The van der Waals surface area contributed by atoms with Crippen LogP contribution in [0.15, 0.2) is 65.7 Å². The molecule has 2 heterocycles. The van der Waals surface area contributed by atoms with Gasteiger partial charge in [-0.3, -0.25) is 4.79 Å². The minimum absolute atomic E-state index is 0.175. The molecule has 0 radical (unpaired) electrons. The zero-order valence-electron chi connectivity index (χ0n) is 15.0. The van der Waals surface area contributed by atoms with Gasteiger partial charge in [0, 0.05) is 6.07 Å². The predicted molar refractivity (Wildman–Crippen MR) is 106 cm³/mol. The minimum Gasteiger partial charge on any atom is -0.494 e. The number of benzene rings is 2. The molecule has 1 aromatic heterocycles. The summed E-state index contributed by atoms with van der Waals surface area (Å²) in [7, 11) is 0. The molecule has 0 saturated carbocycles. The smallest absolute Gasteiger partial charge is 0.353 e. The number of hydrogen-bond acceptors (Lipinski definition) is 6. The van der Waals surface area contributed by atoms with Crippen molar-refractivity contribution in [3.05, 3.63) is 81.7 Å². The molecule has 0 saturated heterocycles. The van der Waals surface area contributed by atoms with Crippen molar-refractivity contribution in [3.8, 4) is 17.2 Å². The van der Waals surface area contributed by atoms with E-state index in [2.05, 4.69) is 0 Å². The molecule has 4 rings (SSSR count). The van der Waals surface area contributed by atoms with E-state index in [1.165, 1.54) is 11.3 Å². The number of ether oxygens (including phenoxy) is 3. The molecule has 0 N–H and O–H groups in total. The van der Waals surface area contributed by atoms with E-state index >= 15 is 0 Å². The molecule has 0 amide bonds. The number of hydrogen-bond donors (Lipinski definition) is 0. The van der Waals surface area contributed by atoms with Crippen LogP contribution in [0.2, 0.25) is 0 Å². The van der Waals surface area contributed by atoms with Crippen molar-refractivity contribution in [2.75, 3.05) is 6.61 Å². The first-order valence-electron chi connectivity index (χ1n) is 8.71. The van der Waals surface area contributed by atoms with E-state index in [9.17, 15) is 9.59 Å². The first-order chi connectivity index (χ1) is 13.6. The third-order valence-electron chi connectivity index (χ3n) is 4.06. The number of carbonyl (C=O) groups is 2. The second-order valence-electron chi connectivity index (χ2n) is 5.97. The third kappa shape index (κ3) is 3.68. The van der Waals surface area contributed by atoms with Crippen LogP contribution in [0.25, 0.3) is 6.08 Å². The normalized spacial score (nSPS) is 13.9. The summed E-state index contributed by atoms with van der Waals surface area (Å²) >= 11 is 1.33. The maximum atomic E-state index is 12.5. The zero-order chi connectivity index (χ0) is 19.5. The maximum Gasteiger partial charge on any atom is 0.353 e. The molecule has 0 atom stereocenters. The van der Waals surface area contributed by atoms with Crippen LogP contribution in [0.3, 0.4) is 0 Å². The Bertz CT molecular complexity index is 1050. The molecule has 28 heavy (non-hydrogen) atoms. The van der Waals surface area contributed by atoms with Crippen LogP contribution in [0.4, 0.5) is 0 Å². The number of fused-ring (bicyclic) bond motifs is 1. The van der Waals surface area contributed by atoms with Gasteiger partial charge in [-0.25, -0.2) is 4.79 Å². The third-order valence-corrected chi connectivity index (χ3v) is 4.91. The summed E-state index contributed by atoms with van der Waals surface area (Å²) in [6, 6.07) is 15.6. The molecule has 1 aliphatic rings. The summed E-state index contributed by atoms with van der Waals surface area (Å²) in [6.45, 7) is 2.44. The van der Waals surface area contributed by atoms with Crippen LogP contribution < -0.4 is 14.2 Å². The topological polar surface area (TPSA) is 61.8 Å². The Morgan fingerprint density at radius 2 is 1.89 bits per heavy atom. The number of carbonyl (C=O) groups excluding carboxylic acids is 2. The minimum atomic E-state index is -0.393. The van der Waals surface area contributed by atoms with E-state index in [-0.39, 0.29) is 11.5 Å². The van der Waals surface area contributed by atoms with Crippen LogP contribution in [0.1, 0.15) is 32.5 Å². The average Bonchev–Trinajstić information content (AvgIpc) is 3.33. The van der Waals surface area contributed by atoms with Gasteiger partial charge in [0.25, 0.3) is 0 Å². The number of ketones is 1. The van der Waals surface area contributed by atoms with Gasteiger partial charge >= 0.3 is 5.97 Å². The zero-order valence-corrected chi connectivity index (χ0v) is 15.8. The number of rotatable bonds is 5. The highest BCUT2D eigenvalue weighted by Crippen LogP contribution is 2.35. The molecule has 0 spiro atoms. The molecule has 140 valence electrons. The summed E-state index contributed by atoms with van der Waals surface area (Å²) in [4.78, 5) is 25.0. The summed E-state index contributed by atoms with van der Waals surface area (Å²) in [5.74, 6) is 1.26. The van der Waals surface area contributed by atoms with Crippen molar-refractivity contribution < 1.29 is 23.8 Å². The molecule has 0 aliphatic carbocycles. The van der Waals surface area contributed by atoms with Crippen LogP contribution in [0, 0.1) is 0 Å². The molecular formula is C22H16O5S. The highest BCUT2D eigenvalue weighted by Gasteiger charge is 2.27. The van der Waals surface area contributed by atoms with Crippen molar-refractivity contribution >= 4 is 29.2 Å². The van der Waals surface area contributed by atoms with Gasteiger partial charge in [0.2, 0.25) is 5.78 Å². The van der Waals surface area contributed by atoms with Crippen LogP contribution in [0.5, 0.6) is 17.2 Å². The molecule has 0 bridgehead atoms. The van der Waals surface area contributed by atoms with Crippen LogP contribution in [-0.4, -0.2) is 18.4 Å². The first-order valence-corrected chi connectivity index (χ1v) is 9.59. The van der Waals surface area contributed by atoms with Gasteiger partial charge in [0.05, 0.1) is 12.2 Å². The highest BCUT2D eigenvalue weighted by molar-refractivity contribution is 7.12. The lowest BCUT2D eigenvalue weighted by Crippen LogP contribution is -2.06. The van der Waals surface area contributed by atoms with Gasteiger partial charge in [0.1, 0.15) is 22.1 Å². The number of esters is 1. The first kappa shape index (κ1) is 18.0. The van der Waals surface area contributed by atoms with Crippen molar-refractivity contribution in [1.82, 2.24) is 0 Å². The van der Waals surface area contributed by atoms with E-state index in [0.29, 0.717) is 34.3 Å². The molecule has 0 unspecified atom stereocenters. The fourth-order valence-corrected chi connectivity index (χ4v) is 3.36. The van der Waals surface area contributed by atoms with Crippen molar-refractivity contribution in [2.45, 2.75) is 6.92 Å². The van der Waals surface area contributed by atoms with Crippen molar-refractivity contribution in [1.29, 1.82) is 0 Å². The summed E-state index contributed by atoms with van der Waals surface area (Å²) < 4.78 is 16.5. The maximum absolute atomic E-state index is 12.5. The van der Waals surface area contributed by atoms with Gasteiger partial charge in [-0.2, -0.15) is 0 Å². The molecule has 5 nitrogen and oxygen atoms in total. The fraction of sp³-hybridized carbons (Fsp3) is 0.0909. The molecule has 2 aromatic carbocycles. The predicted octanol–water partition coefficient (Wildman–Crippen LogP) is 4.98. The average molecular weight is 392 g/mol. The number of allylic oxidation sites excluding steroid dienone is 1. The molecule has 3 aromatic rings. The second-order valence-corrected chi connectivity index (χ2v) is 6.91. The van der Waals surface area contributed by atoms with Crippen molar-refractivity contribution in [2.24, 2.45) is 0 Å². The quantitative estimate of drug-likeness (QED) is 0.348. The van der Waals surface area contributed by atoms with E-state index in [4.69, 9.17) is 14.2 Å². The van der Waals surface area contributed by atoms with Gasteiger partial charge in [-0.05, 0) is 54.3 Å². The lowest BCUT2D eigenvalue weighted by molar-refractivity contribution is 0.0739. The largest absolute Gasteiger partial charge is 0.494 e. The molecule has 6 heteroatoms. The SMILES string of the molecule is CCOc1ccc2c(c1)O/C(=C\c1ccc(OC(=O)c3cccs3)cc1)C2=O. The summed E-state index contributed by atoms with van der Waals surface area (Å²) in [5.41, 5.74) is 1.27. The van der Waals surface area contributed by atoms with Gasteiger partial charge in [-0.15, -0.1) is 11.3 Å². The van der Waals surface area contributed by atoms with E-state index in [1.54, 1.807) is 60.7 Å². The van der Waals surface area contributed by atoms with E-state index in [0.717, 1.165) is 5.56 Å². The highest BCUT2D eigenvalue weighted by atomic mass is 32.1. The van der Waals surface area contributed by atoms with E-state index in [1.807, 2.05) is 12.3 Å². The Labute approximate surface area is 165 Å². The Morgan fingerprint density at radius 1 is 1.11 bits per heavy atom. The Kier molecular flexibility index (Phi) is 4.95. The molecule has 1 aliphatic heterocycles. The van der Waals surface area contributed by atoms with E-state index < -0.39 is 5.97 Å². The summed E-state index contributed by atoms with van der Waals surface area (Å²) in [6.07, 6.45) is 1.66. The molecule has 0 fully saturated rings. The van der Waals surface area contributed by atoms with Crippen molar-refractivity contribution in [3.63, 3.8) is 0 Å². The second kappa shape index (κ2) is 7.70. The standard InChI is InChI=1S/C22H16O5S/c1-2-25-16-9-10-17-18(13-16)27-19(21(17)23)12-14-5-7-15(8-6-14)26-22(24)20-4-3-11-28-20/h3-13H,2H2,1H3/b19-12-. The van der Waals surface area contributed by atoms with Gasteiger partial charge in [-0.1, -0.05) is 18.2 Å². The lowest BCUT2D eigenvalue weighted by atomic mass is 10.1. The number of thiophene rings is 1. The Morgan fingerprint density at radius 3 is 2.61 bits per heavy atom. The van der Waals surface area contributed by atoms with Gasteiger partial charge < -0.3 is 14.2 Å². The molecular weight excluding hydrogens is 376 g/mol.